The van der Waals surface area contributed by atoms with Crippen LogP contribution >= 0.6 is 0 Å². The van der Waals surface area contributed by atoms with Crippen molar-refractivity contribution in [3.05, 3.63) is 29.7 Å². The van der Waals surface area contributed by atoms with Gasteiger partial charge in [0.1, 0.15) is 0 Å². The number of aryl methyl sites for hydroxylation is 2. The van der Waals surface area contributed by atoms with Gasteiger partial charge in [0, 0.05) is 17.1 Å². The molecule has 0 spiro atoms. The molecule has 90 valence electrons. The van der Waals surface area contributed by atoms with Crippen LogP contribution in [0.4, 0.5) is 5.95 Å². The molecule has 2 rings (SSSR count). The summed E-state index contributed by atoms with van der Waals surface area (Å²) < 4.78 is 0. The van der Waals surface area contributed by atoms with Gasteiger partial charge in [-0.05, 0) is 26.3 Å². The lowest BCUT2D eigenvalue weighted by molar-refractivity contribution is -0.120. The number of nitrogens with one attached hydrogen (secondary N) is 1. The maximum Gasteiger partial charge on any atom is 0.257 e. The first kappa shape index (κ1) is 11.6. The summed E-state index contributed by atoms with van der Waals surface area (Å²) in [6, 6.07) is 1.87. The van der Waals surface area contributed by atoms with Gasteiger partial charge in [0.2, 0.25) is 0 Å². The first-order chi connectivity index (χ1) is 8.02. The van der Waals surface area contributed by atoms with Gasteiger partial charge in [0.25, 0.3) is 11.9 Å². The minimum Gasteiger partial charge on any atom is -0.293 e. The quantitative estimate of drug-likeness (QED) is 0.839. The summed E-state index contributed by atoms with van der Waals surface area (Å²) in [7, 11) is 0. The van der Waals surface area contributed by atoms with E-state index in [4.69, 9.17) is 0 Å². The zero-order valence-electron chi connectivity index (χ0n) is 10.3. The zero-order chi connectivity index (χ0) is 12.6. The third-order valence-corrected chi connectivity index (χ3v) is 2.77. The van der Waals surface area contributed by atoms with E-state index in [-0.39, 0.29) is 11.8 Å². The van der Waals surface area contributed by atoms with E-state index < -0.39 is 0 Å². The number of nitrogens with zero attached hydrogens (tertiary/aromatic N) is 3. The van der Waals surface area contributed by atoms with Crippen LogP contribution in [-0.4, -0.2) is 15.9 Å². The fourth-order valence-electron chi connectivity index (χ4n) is 1.96. The maximum absolute atomic E-state index is 12.1. The van der Waals surface area contributed by atoms with Crippen molar-refractivity contribution in [2.75, 3.05) is 5.01 Å². The number of rotatable bonds is 2. The highest BCUT2D eigenvalue weighted by Gasteiger charge is 2.35. The van der Waals surface area contributed by atoms with Gasteiger partial charge in [-0.2, -0.15) is 5.01 Å². The molecule has 1 aliphatic rings. The molecule has 1 aliphatic heterocycles. The van der Waals surface area contributed by atoms with E-state index in [1.165, 1.54) is 5.01 Å². The second-order valence-electron chi connectivity index (χ2n) is 4.22. The first-order valence-electron chi connectivity index (χ1n) is 5.64. The van der Waals surface area contributed by atoms with Crippen molar-refractivity contribution in [2.45, 2.75) is 27.2 Å². The Balaban J connectivity index is 2.35. The van der Waals surface area contributed by atoms with Crippen molar-refractivity contribution in [3.63, 3.8) is 0 Å². The summed E-state index contributed by atoms with van der Waals surface area (Å²) >= 11 is 0. The minimum absolute atomic E-state index is 0.0394. The van der Waals surface area contributed by atoms with E-state index in [1.54, 1.807) is 0 Å². The lowest BCUT2D eigenvalue weighted by Crippen LogP contribution is -2.36. The number of carbonyl (C=O) groups excluding carboxylic acids is 1. The van der Waals surface area contributed by atoms with Gasteiger partial charge in [-0.25, -0.2) is 9.97 Å². The molecule has 1 saturated heterocycles. The number of hydrogen-bond acceptors (Lipinski definition) is 4. The molecule has 1 atom stereocenters. The lowest BCUT2D eigenvalue weighted by atomic mass is 10.1. The van der Waals surface area contributed by atoms with E-state index >= 15 is 0 Å². The zero-order valence-corrected chi connectivity index (χ0v) is 10.3. The molecular formula is C12H16N4O. The number of aromatic nitrogens is 2. The van der Waals surface area contributed by atoms with Crippen LogP contribution in [0.3, 0.4) is 0 Å². The normalized spacial score (nSPS) is 19.7. The topological polar surface area (TPSA) is 58.1 Å². The monoisotopic (exact) mass is 232 g/mol. The largest absolute Gasteiger partial charge is 0.293 e. The average Bonchev–Trinajstić information content (AvgIpc) is 2.52. The Hall–Kier alpha value is -1.91. The highest BCUT2D eigenvalue weighted by Crippen LogP contribution is 2.24. The van der Waals surface area contributed by atoms with Gasteiger partial charge in [-0.3, -0.25) is 10.2 Å². The Morgan fingerprint density at radius 2 is 2.00 bits per heavy atom. The molecule has 0 aromatic carbocycles. The molecular weight excluding hydrogens is 216 g/mol. The molecule has 2 heterocycles. The molecule has 0 bridgehead atoms. The Morgan fingerprint density at radius 3 is 2.47 bits per heavy atom. The molecule has 0 aliphatic carbocycles. The fourth-order valence-corrected chi connectivity index (χ4v) is 1.96. The third kappa shape index (κ3) is 2.00. The molecule has 5 nitrogen and oxygen atoms in total. The van der Waals surface area contributed by atoms with Gasteiger partial charge in [-0.15, -0.1) is 0 Å². The highest BCUT2D eigenvalue weighted by atomic mass is 16.2. The summed E-state index contributed by atoms with van der Waals surface area (Å²) in [6.07, 6.45) is 0.728. The second-order valence-corrected chi connectivity index (χ2v) is 4.22. The third-order valence-electron chi connectivity index (χ3n) is 2.77. The minimum atomic E-state index is -0.181. The SMILES string of the molecule is C=C1NN(c2nc(C)cc(C)n2)C(=O)[C@@H]1CC. The van der Waals surface area contributed by atoms with Crippen LogP contribution in [0.2, 0.25) is 0 Å². The molecule has 1 amide bonds. The Bertz CT molecular complexity index is 463. The smallest absolute Gasteiger partial charge is 0.257 e. The van der Waals surface area contributed by atoms with Crippen LogP contribution in [0.1, 0.15) is 24.7 Å². The number of carbonyl (C=O) groups is 1. The van der Waals surface area contributed by atoms with Crippen molar-refractivity contribution in [1.82, 2.24) is 15.4 Å². The fraction of sp³-hybridized carbons (Fsp3) is 0.417. The average molecular weight is 232 g/mol. The molecule has 1 aromatic heterocycles. The number of hydrazine groups is 1. The van der Waals surface area contributed by atoms with Crippen molar-refractivity contribution in [1.29, 1.82) is 0 Å². The number of hydrogen-bond donors (Lipinski definition) is 1. The number of amides is 1. The number of anilines is 1. The first-order valence-corrected chi connectivity index (χ1v) is 5.64. The van der Waals surface area contributed by atoms with E-state index in [9.17, 15) is 4.79 Å². The molecule has 1 N–H and O–H groups in total. The van der Waals surface area contributed by atoms with Crippen LogP contribution in [0.15, 0.2) is 18.3 Å². The predicted octanol–water partition coefficient (Wildman–Crippen LogP) is 1.48. The summed E-state index contributed by atoms with van der Waals surface area (Å²) in [5.74, 6) is 0.173. The maximum atomic E-state index is 12.1. The lowest BCUT2D eigenvalue weighted by Gasteiger charge is -2.14. The summed E-state index contributed by atoms with van der Waals surface area (Å²) in [5.41, 5.74) is 5.33. The van der Waals surface area contributed by atoms with Crippen LogP contribution in [0, 0.1) is 19.8 Å². The van der Waals surface area contributed by atoms with Gasteiger partial charge >= 0.3 is 0 Å². The summed E-state index contributed by atoms with van der Waals surface area (Å²) in [6.45, 7) is 9.57. The van der Waals surface area contributed by atoms with Crippen molar-refractivity contribution >= 4 is 11.9 Å². The van der Waals surface area contributed by atoms with Gasteiger partial charge < -0.3 is 0 Å². The van der Waals surface area contributed by atoms with Crippen molar-refractivity contribution in [3.8, 4) is 0 Å². The molecule has 0 saturated carbocycles. The van der Waals surface area contributed by atoms with Crippen LogP contribution in [0.25, 0.3) is 0 Å². The van der Waals surface area contributed by atoms with Crippen LogP contribution in [0.5, 0.6) is 0 Å². The standard InChI is InChI=1S/C12H16N4O/c1-5-10-9(4)15-16(11(10)17)12-13-7(2)6-8(3)14-12/h6,10,15H,4-5H2,1-3H3/t10-/m1/s1. The second kappa shape index (κ2) is 4.16. The highest BCUT2D eigenvalue weighted by molar-refractivity contribution is 5.97. The van der Waals surface area contributed by atoms with Crippen molar-refractivity contribution in [2.24, 2.45) is 5.92 Å². The summed E-state index contributed by atoms with van der Waals surface area (Å²) in [4.78, 5) is 20.6. The van der Waals surface area contributed by atoms with E-state index in [0.29, 0.717) is 11.6 Å². The predicted molar refractivity (Wildman–Crippen MR) is 65.0 cm³/mol. The molecule has 17 heavy (non-hydrogen) atoms. The van der Waals surface area contributed by atoms with Crippen LogP contribution < -0.4 is 10.4 Å². The Morgan fingerprint density at radius 1 is 1.41 bits per heavy atom. The Labute approximate surface area is 101 Å². The van der Waals surface area contributed by atoms with Crippen LogP contribution in [-0.2, 0) is 4.79 Å². The van der Waals surface area contributed by atoms with E-state index in [0.717, 1.165) is 17.8 Å². The van der Waals surface area contributed by atoms with E-state index in [1.807, 2.05) is 26.8 Å². The van der Waals surface area contributed by atoms with Gasteiger partial charge in [0.05, 0.1) is 5.92 Å². The molecule has 5 heteroatoms. The van der Waals surface area contributed by atoms with Gasteiger partial charge in [-0.1, -0.05) is 13.5 Å². The molecule has 1 fully saturated rings. The molecule has 0 radical (unpaired) electrons. The van der Waals surface area contributed by atoms with Gasteiger partial charge in [0.15, 0.2) is 0 Å². The summed E-state index contributed by atoms with van der Waals surface area (Å²) in [5, 5.41) is 1.39. The molecule has 0 unspecified atom stereocenters. The molecule has 1 aromatic rings. The Kier molecular flexibility index (Phi) is 2.83. The van der Waals surface area contributed by atoms with E-state index in [2.05, 4.69) is 22.0 Å². The van der Waals surface area contributed by atoms with Crippen molar-refractivity contribution < 1.29 is 4.79 Å².